The Kier molecular flexibility index (Phi) is 9.67. The Morgan fingerprint density at radius 3 is 2.42 bits per heavy atom. The molecular formula is C28H38F3N7. The van der Waals surface area contributed by atoms with E-state index in [0.29, 0.717) is 22.4 Å². The molecule has 7 nitrogen and oxygen atoms in total. The molecule has 3 heterocycles. The summed E-state index contributed by atoms with van der Waals surface area (Å²) in [5, 5.41) is 0.551. The molecule has 1 saturated carbocycles. The van der Waals surface area contributed by atoms with Crippen LogP contribution >= 0.6 is 0 Å². The van der Waals surface area contributed by atoms with Crippen LogP contribution in [0.5, 0.6) is 0 Å². The molecule has 1 saturated heterocycles. The normalized spacial score (nSPS) is 17.9. The zero-order chi connectivity index (χ0) is 28.0. The van der Waals surface area contributed by atoms with E-state index in [0.717, 1.165) is 61.8 Å². The number of hydrogen-bond donors (Lipinski definition) is 2. The van der Waals surface area contributed by atoms with Crippen molar-refractivity contribution in [1.82, 2.24) is 19.8 Å². The number of nitrogens with two attached hydrogens (primary N) is 1. The molecule has 3 N–H and O–H groups in total. The highest BCUT2D eigenvalue weighted by Gasteiger charge is 2.33. The van der Waals surface area contributed by atoms with Crippen LogP contribution in [0.3, 0.4) is 0 Å². The van der Waals surface area contributed by atoms with E-state index in [4.69, 9.17) is 4.99 Å². The Morgan fingerprint density at radius 2 is 1.89 bits per heavy atom. The number of pyridine rings is 1. The number of H-pyrrole nitrogens is 1. The van der Waals surface area contributed by atoms with Crippen molar-refractivity contribution in [3.63, 3.8) is 0 Å². The van der Waals surface area contributed by atoms with Gasteiger partial charge < -0.3 is 20.5 Å². The Hall–Kier alpha value is -3.24. The Bertz CT molecular complexity index is 1270. The fraction of sp³-hybridized carbons (Fsp3) is 0.464. The number of amidine groups is 1. The molecule has 2 aromatic rings. The first kappa shape index (κ1) is 29.3. The highest BCUT2D eigenvalue weighted by atomic mass is 19.4. The number of halogens is 3. The molecule has 0 amide bonds. The van der Waals surface area contributed by atoms with Crippen LogP contribution in [-0.4, -0.2) is 79.1 Å². The summed E-state index contributed by atoms with van der Waals surface area (Å²) >= 11 is 0. The van der Waals surface area contributed by atoms with Gasteiger partial charge in [-0.25, -0.2) is 0 Å². The van der Waals surface area contributed by atoms with Gasteiger partial charge in [-0.15, -0.1) is 0 Å². The largest absolute Gasteiger partial charge is 0.431 e. The maximum atomic E-state index is 13.3. The van der Waals surface area contributed by atoms with Crippen LogP contribution in [-0.2, 0) is 6.18 Å². The fourth-order valence-electron chi connectivity index (χ4n) is 4.81. The number of piperidine rings is 1. The second-order valence-electron chi connectivity index (χ2n) is 9.64. The number of nitrogens with one attached hydrogen (secondary N) is 1. The van der Waals surface area contributed by atoms with Gasteiger partial charge >= 0.3 is 6.18 Å². The summed E-state index contributed by atoms with van der Waals surface area (Å²) in [6.07, 6.45) is 4.78. The Labute approximate surface area is 222 Å². The highest BCUT2D eigenvalue weighted by molar-refractivity contribution is 6.05. The monoisotopic (exact) mass is 529 g/mol. The molecule has 1 aliphatic carbocycles. The van der Waals surface area contributed by atoms with Gasteiger partial charge in [0.2, 0.25) is 0 Å². The molecule has 0 unspecified atom stereocenters. The zero-order valence-corrected chi connectivity index (χ0v) is 22.5. The molecule has 2 aliphatic rings. The third kappa shape index (κ3) is 6.60. The topological polar surface area (TPSA) is 85.9 Å². The van der Waals surface area contributed by atoms with Gasteiger partial charge in [-0.05, 0) is 82.7 Å². The Balaban J connectivity index is 0.00000195. The molecule has 0 bridgehead atoms. The van der Waals surface area contributed by atoms with Crippen LogP contribution in [0.15, 0.2) is 41.1 Å². The Morgan fingerprint density at radius 1 is 1.24 bits per heavy atom. The van der Waals surface area contributed by atoms with Crippen molar-refractivity contribution < 1.29 is 13.2 Å². The third-order valence-electron chi connectivity index (χ3n) is 7.13. The van der Waals surface area contributed by atoms with E-state index in [1.807, 2.05) is 13.2 Å². The number of likely N-dealkylation sites (tertiary alicyclic amines) is 1. The third-order valence-corrected chi connectivity index (χ3v) is 7.13. The maximum Gasteiger partial charge on any atom is 0.431 e. The van der Waals surface area contributed by atoms with Gasteiger partial charge in [-0.3, -0.25) is 15.0 Å². The summed E-state index contributed by atoms with van der Waals surface area (Å²) in [4.78, 5) is 20.5. The van der Waals surface area contributed by atoms with E-state index in [-0.39, 0.29) is 17.9 Å². The number of hydrogen-bond acceptors (Lipinski definition) is 5. The quantitative estimate of drug-likeness (QED) is 0.425. The van der Waals surface area contributed by atoms with Gasteiger partial charge in [0.1, 0.15) is 11.5 Å². The zero-order valence-electron chi connectivity index (χ0n) is 22.5. The number of alkyl halides is 3. The SMILES string of the molecule is C=C/C(CN=C(c1c(N=C)cncc1C1CC1)N(C)C1CCN(C)CC1)=c1/cc(C(F)(F)F)[nH]c1=C.CN. The van der Waals surface area contributed by atoms with E-state index < -0.39 is 11.9 Å². The molecule has 0 atom stereocenters. The van der Waals surface area contributed by atoms with Crippen LogP contribution in [0.2, 0.25) is 0 Å². The van der Waals surface area contributed by atoms with Gasteiger partial charge in [0.05, 0.1) is 18.4 Å². The van der Waals surface area contributed by atoms with Crippen molar-refractivity contribution in [2.24, 2.45) is 15.7 Å². The van der Waals surface area contributed by atoms with Crippen LogP contribution < -0.4 is 16.3 Å². The summed E-state index contributed by atoms with van der Waals surface area (Å²) in [5.41, 5.74) is 6.90. The van der Waals surface area contributed by atoms with Gasteiger partial charge in [0.25, 0.3) is 0 Å². The predicted octanol–water partition coefficient (Wildman–Crippen LogP) is 3.43. The number of aliphatic imine (C=N–C) groups is 2. The van der Waals surface area contributed by atoms with Crippen molar-refractivity contribution >= 4 is 30.4 Å². The van der Waals surface area contributed by atoms with E-state index in [1.165, 1.54) is 7.05 Å². The summed E-state index contributed by atoms with van der Waals surface area (Å²) in [5.74, 6) is 1.16. The van der Waals surface area contributed by atoms with Crippen LogP contribution in [0.25, 0.3) is 12.2 Å². The lowest BCUT2D eigenvalue weighted by atomic mass is 9.99. The van der Waals surface area contributed by atoms with Crippen molar-refractivity contribution in [1.29, 1.82) is 0 Å². The number of aromatic amines is 1. The van der Waals surface area contributed by atoms with E-state index >= 15 is 0 Å². The molecule has 4 rings (SSSR count). The van der Waals surface area contributed by atoms with Gasteiger partial charge in [-0.1, -0.05) is 19.2 Å². The van der Waals surface area contributed by atoms with Gasteiger partial charge in [-0.2, -0.15) is 13.2 Å². The molecular weight excluding hydrogens is 491 g/mol. The van der Waals surface area contributed by atoms with Crippen molar-refractivity contribution in [2.75, 3.05) is 40.8 Å². The molecule has 2 fully saturated rings. The minimum Gasteiger partial charge on any atom is -0.356 e. The number of rotatable bonds is 7. The average Bonchev–Trinajstić information content (AvgIpc) is 3.68. The summed E-state index contributed by atoms with van der Waals surface area (Å²) in [6, 6.07) is 1.35. The minimum absolute atomic E-state index is 0.149. The molecule has 10 heteroatoms. The molecule has 0 radical (unpaired) electrons. The predicted molar refractivity (Wildman–Crippen MR) is 149 cm³/mol. The van der Waals surface area contributed by atoms with Crippen molar-refractivity contribution in [2.45, 2.75) is 43.8 Å². The molecule has 38 heavy (non-hydrogen) atoms. The van der Waals surface area contributed by atoms with Crippen LogP contribution in [0.4, 0.5) is 18.9 Å². The lowest BCUT2D eigenvalue weighted by Gasteiger charge is -2.37. The molecule has 2 aromatic heterocycles. The standard InChI is InChI=1S/C27H33F3N6.CH5N/c1-6-18(21-13-24(27(28,29)30)34-17(21)2)14-33-26(36(5)20-9-11-35(4)12-10-20)25-22(19-7-8-19)15-32-16-23(25)31-3;1-2/h6,13,15-16,19-20,34H,1-3,7-12,14H2,4-5H3;2H2,1H3/b21-18+,33-26?;. The lowest BCUT2D eigenvalue weighted by molar-refractivity contribution is -0.140. The first-order valence-electron chi connectivity index (χ1n) is 12.7. The average molecular weight is 530 g/mol. The van der Waals surface area contributed by atoms with Crippen molar-refractivity contribution in [3.05, 3.63) is 58.5 Å². The summed E-state index contributed by atoms with van der Waals surface area (Å²) in [6.45, 7) is 13.5. The molecule has 206 valence electrons. The van der Waals surface area contributed by atoms with Crippen LogP contribution in [0.1, 0.15) is 48.4 Å². The van der Waals surface area contributed by atoms with Crippen LogP contribution in [0, 0.1) is 0 Å². The number of nitrogens with zero attached hydrogens (tertiary/aromatic N) is 5. The summed E-state index contributed by atoms with van der Waals surface area (Å²) in [7, 11) is 5.66. The highest BCUT2D eigenvalue weighted by Crippen LogP contribution is 2.44. The van der Waals surface area contributed by atoms with Crippen molar-refractivity contribution in [3.8, 4) is 0 Å². The first-order valence-corrected chi connectivity index (χ1v) is 12.7. The van der Waals surface area contributed by atoms with E-state index in [9.17, 15) is 13.2 Å². The number of aromatic nitrogens is 2. The van der Waals surface area contributed by atoms with E-state index in [1.54, 1.807) is 12.3 Å². The van der Waals surface area contributed by atoms with Gasteiger partial charge in [0, 0.05) is 35.4 Å². The lowest BCUT2D eigenvalue weighted by Crippen LogP contribution is -2.45. The molecule has 0 aromatic carbocycles. The molecule has 1 aliphatic heterocycles. The first-order chi connectivity index (χ1) is 18.1. The smallest absolute Gasteiger partial charge is 0.356 e. The van der Waals surface area contributed by atoms with Gasteiger partial charge in [0.15, 0.2) is 0 Å². The maximum absolute atomic E-state index is 13.3. The second kappa shape index (κ2) is 12.5. The second-order valence-corrected chi connectivity index (χ2v) is 9.64. The van der Waals surface area contributed by atoms with E-state index in [2.05, 4.69) is 57.4 Å². The molecule has 0 spiro atoms. The fourth-order valence-corrected chi connectivity index (χ4v) is 4.81. The minimum atomic E-state index is -4.49. The summed E-state index contributed by atoms with van der Waals surface area (Å²) < 4.78 is 39.8.